The molecule has 3 heterocycles. The zero-order valence-corrected chi connectivity index (χ0v) is 20.5. The molecule has 2 aliphatic heterocycles. The Bertz CT molecular complexity index is 1390. The van der Waals surface area contributed by atoms with E-state index < -0.39 is 29.5 Å². The highest BCUT2D eigenvalue weighted by atomic mass is 19.4. The van der Waals surface area contributed by atoms with Crippen LogP contribution < -0.4 is 15.0 Å². The van der Waals surface area contributed by atoms with Gasteiger partial charge >= 0.3 is 12.3 Å². The molecule has 39 heavy (non-hydrogen) atoms. The van der Waals surface area contributed by atoms with Crippen molar-refractivity contribution in [1.29, 1.82) is 0 Å². The van der Waals surface area contributed by atoms with Crippen molar-refractivity contribution >= 4 is 11.7 Å². The number of nitrogens with zero attached hydrogens (tertiary/aromatic N) is 2. The number of rotatable bonds is 8. The van der Waals surface area contributed by atoms with Gasteiger partial charge < -0.3 is 24.6 Å². The van der Waals surface area contributed by atoms with Crippen LogP contribution in [0.3, 0.4) is 0 Å². The van der Waals surface area contributed by atoms with E-state index in [1.54, 1.807) is 11.0 Å². The first kappa shape index (κ1) is 25.6. The SMILES string of the molecule is O=C(O)c1cc(F)c(N2C3CC(NCc4c(-c5ccccc5OC(F)(F)F)noc4C4CC4)CC2C3)c(F)c1. The van der Waals surface area contributed by atoms with Gasteiger partial charge in [-0.05, 0) is 56.4 Å². The average Bonchev–Trinajstić information content (AvgIpc) is 3.63. The van der Waals surface area contributed by atoms with Gasteiger partial charge in [-0.25, -0.2) is 13.6 Å². The lowest BCUT2D eigenvalue weighted by Crippen LogP contribution is -2.64. The first-order chi connectivity index (χ1) is 18.6. The van der Waals surface area contributed by atoms with E-state index in [4.69, 9.17) is 9.63 Å². The van der Waals surface area contributed by atoms with Crippen molar-refractivity contribution < 1.29 is 41.1 Å². The molecule has 0 spiro atoms. The van der Waals surface area contributed by atoms with E-state index in [9.17, 15) is 26.7 Å². The molecule has 2 N–H and O–H groups in total. The molecule has 7 nitrogen and oxygen atoms in total. The molecule has 4 aliphatic rings. The summed E-state index contributed by atoms with van der Waals surface area (Å²) in [5.41, 5.74) is 0.480. The summed E-state index contributed by atoms with van der Waals surface area (Å²) >= 11 is 0. The zero-order valence-electron chi connectivity index (χ0n) is 20.5. The van der Waals surface area contributed by atoms with Crippen molar-refractivity contribution in [3.05, 3.63) is 64.9 Å². The second kappa shape index (κ2) is 9.51. The van der Waals surface area contributed by atoms with Crippen LogP contribution in [0.4, 0.5) is 27.6 Å². The highest BCUT2D eigenvalue weighted by Crippen LogP contribution is 2.47. The Kier molecular flexibility index (Phi) is 6.24. The summed E-state index contributed by atoms with van der Waals surface area (Å²) < 4.78 is 78.3. The van der Waals surface area contributed by atoms with E-state index in [0.29, 0.717) is 30.7 Å². The van der Waals surface area contributed by atoms with Crippen molar-refractivity contribution in [2.75, 3.05) is 4.90 Å². The smallest absolute Gasteiger partial charge is 0.478 e. The minimum atomic E-state index is -4.86. The number of alkyl halides is 3. The summed E-state index contributed by atoms with van der Waals surface area (Å²) in [7, 11) is 0. The minimum Gasteiger partial charge on any atom is -0.478 e. The Hall–Kier alpha value is -3.67. The number of para-hydroxylation sites is 1. The summed E-state index contributed by atoms with van der Waals surface area (Å²) in [4.78, 5) is 12.8. The second-order valence-corrected chi connectivity index (χ2v) is 10.3. The number of halogens is 5. The van der Waals surface area contributed by atoms with E-state index in [0.717, 1.165) is 31.4 Å². The van der Waals surface area contributed by atoms with Crippen LogP contribution in [0.15, 0.2) is 40.9 Å². The van der Waals surface area contributed by atoms with Gasteiger partial charge in [-0.1, -0.05) is 17.3 Å². The first-order valence-electron chi connectivity index (χ1n) is 12.7. The molecule has 2 atom stereocenters. The number of anilines is 1. The van der Waals surface area contributed by atoms with Crippen molar-refractivity contribution in [1.82, 2.24) is 10.5 Å². The number of fused-ring (bicyclic) bond motifs is 2. The van der Waals surface area contributed by atoms with E-state index in [1.165, 1.54) is 18.2 Å². The van der Waals surface area contributed by atoms with Gasteiger partial charge in [0.25, 0.3) is 0 Å². The number of carboxylic acid groups (broad SMARTS) is 1. The van der Waals surface area contributed by atoms with Crippen molar-refractivity contribution in [2.45, 2.75) is 69.1 Å². The highest BCUT2D eigenvalue weighted by molar-refractivity contribution is 5.88. The Morgan fingerprint density at radius 3 is 2.38 bits per heavy atom. The molecule has 0 amide bonds. The largest absolute Gasteiger partial charge is 0.573 e. The Labute approximate surface area is 219 Å². The third-order valence-corrected chi connectivity index (χ3v) is 7.67. The average molecular weight is 549 g/mol. The molecule has 12 heteroatoms. The number of carbonyl (C=O) groups is 1. The van der Waals surface area contributed by atoms with Gasteiger partial charge in [0.2, 0.25) is 0 Å². The van der Waals surface area contributed by atoms with Gasteiger partial charge in [0.15, 0.2) is 0 Å². The monoisotopic (exact) mass is 549 g/mol. The van der Waals surface area contributed by atoms with Gasteiger partial charge in [0.1, 0.15) is 34.5 Å². The standard InChI is InChI=1S/C27H24F5N3O4/c28-20-7-14(26(36)37)8-21(29)24(20)35-16-9-15(10-17(35)11-16)33-12-19-23(34-39-25(19)13-5-6-13)18-3-1-2-4-22(18)38-27(30,31)32/h1-4,7-8,13,15-17,33H,5-6,9-12H2,(H,36,37). The molecule has 2 bridgehead atoms. The molecular weight excluding hydrogens is 525 g/mol. The van der Waals surface area contributed by atoms with Crippen molar-refractivity contribution in [2.24, 2.45) is 0 Å². The topological polar surface area (TPSA) is 87.8 Å². The number of piperidine rings is 1. The van der Waals surface area contributed by atoms with E-state index in [2.05, 4.69) is 15.2 Å². The minimum absolute atomic E-state index is 0.00844. The molecule has 3 aromatic rings. The Balaban J connectivity index is 1.19. The number of aromatic carboxylic acids is 1. The molecule has 4 fully saturated rings. The van der Waals surface area contributed by atoms with E-state index in [-0.39, 0.29) is 46.7 Å². The van der Waals surface area contributed by atoms with Gasteiger partial charge in [0, 0.05) is 41.7 Å². The normalized spacial score (nSPS) is 22.5. The number of hydrogen-bond acceptors (Lipinski definition) is 6. The fourth-order valence-electron chi connectivity index (χ4n) is 5.83. The Morgan fingerprint density at radius 1 is 1.10 bits per heavy atom. The third-order valence-electron chi connectivity index (χ3n) is 7.67. The first-order valence-corrected chi connectivity index (χ1v) is 12.7. The molecule has 1 aromatic heterocycles. The molecule has 2 aliphatic carbocycles. The summed E-state index contributed by atoms with van der Waals surface area (Å²) in [6, 6.07) is 7.18. The molecule has 206 valence electrons. The predicted octanol–water partition coefficient (Wildman–Crippen LogP) is 5.99. The van der Waals surface area contributed by atoms with Crippen LogP contribution in [0.2, 0.25) is 0 Å². The van der Waals surface area contributed by atoms with Gasteiger partial charge in [-0.3, -0.25) is 0 Å². The zero-order chi connectivity index (χ0) is 27.5. The highest BCUT2D eigenvalue weighted by Gasteiger charge is 2.47. The summed E-state index contributed by atoms with van der Waals surface area (Å²) in [6.07, 6.45) is -1.12. The number of hydrogen-bond donors (Lipinski definition) is 2. The molecule has 7 rings (SSSR count). The van der Waals surface area contributed by atoms with E-state index >= 15 is 0 Å². The fourth-order valence-corrected chi connectivity index (χ4v) is 5.83. The van der Waals surface area contributed by atoms with Gasteiger partial charge in [-0.2, -0.15) is 0 Å². The summed E-state index contributed by atoms with van der Waals surface area (Å²) in [5, 5.41) is 16.6. The van der Waals surface area contributed by atoms with Gasteiger partial charge in [-0.15, -0.1) is 13.2 Å². The summed E-state index contributed by atoms with van der Waals surface area (Å²) in [5.74, 6) is -2.78. The second-order valence-electron chi connectivity index (χ2n) is 10.3. The lowest BCUT2D eigenvalue weighted by molar-refractivity contribution is -0.274. The van der Waals surface area contributed by atoms with Crippen molar-refractivity contribution in [3.63, 3.8) is 0 Å². The molecular formula is C27H24F5N3O4. The fraction of sp³-hybridized carbons (Fsp3) is 0.407. The quantitative estimate of drug-likeness (QED) is 0.334. The van der Waals surface area contributed by atoms with E-state index in [1.807, 2.05) is 0 Å². The third kappa shape index (κ3) is 4.93. The lowest BCUT2D eigenvalue weighted by atomic mass is 9.76. The number of benzene rings is 2. The maximum absolute atomic E-state index is 14.7. The van der Waals surface area contributed by atoms with Crippen LogP contribution in [0.25, 0.3) is 11.3 Å². The molecule has 2 saturated heterocycles. The maximum atomic E-state index is 14.7. The van der Waals surface area contributed by atoms with Crippen LogP contribution in [0.1, 0.15) is 59.7 Å². The summed E-state index contributed by atoms with van der Waals surface area (Å²) in [6.45, 7) is 0.297. The van der Waals surface area contributed by atoms with Crippen LogP contribution in [-0.2, 0) is 6.54 Å². The number of ether oxygens (including phenoxy) is 1. The molecule has 2 unspecified atom stereocenters. The number of carboxylic acids is 1. The van der Waals surface area contributed by atoms with Crippen LogP contribution in [0, 0.1) is 11.6 Å². The number of nitrogens with one attached hydrogen (secondary N) is 1. The van der Waals surface area contributed by atoms with Crippen LogP contribution >= 0.6 is 0 Å². The van der Waals surface area contributed by atoms with Crippen LogP contribution in [-0.4, -0.2) is 40.7 Å². The van der Waals surface area contributed by atoms with Crippen molar-refractivity contribution in [3.8, 4) is 17.0 Å². The predicted molar refractivity (Wildman–Crippen MR) is 128 cm³/mol. The molecule has 2 aromatic carbocycles. The number of aromatic nitrogens is 1. The lowest BCUT2D eigenvalue weighted by Gasteiger charge is -2.56. The maximum Gasteiger partial charge on any atom is 0.573 e. The Morgan fingerprint density at radius 2 is 1.77 bits per heavy atom. The molecule has 2 saturated carbocycles. The van der Waals surface area contributed by atoms with Crippen LogP contribution in [0.5, 0.6) is 5.75 Å². The van der Waals surface area contributed by atoms with Gasteiger partial charge in [0.05, 0.1) is 5.56 Å². The molecule has 0 radical (unpaired) electrons.